The molecule has 0 spiro atoms. The number of rotatable bonds is 4. The Bertz CT molecular complexity index is 529. The fraction of sp³-hybridized carbons (Fsp3) is 0. The van der Waals surface area contributed by atoms with Gasteiger partial charge < -0.3 is 0 Å². The first kappa shape index (κ1) is 11.9. The van der Waals surface area contributed by atoms with E-state index in [1.54, 1.807) is 48.5 Å². The molecule has 0 aliphatic rings. The van der Waals surface area contributed by atoms with E-state index in [0.717, 1.165) is 23.7 Å². The molecule has 3 heteroatoms. The van der Waals surface area contributed by atoms with Gasteiger partial charge in [-0.1, -0.05) is 48.5 Å². The molecule has 0 atom stereocenters. The first-order valence-corrected chi connectivity index (χ1v) is 5.44. The van der Waals surface area contributed by atoms with Crippen LogP contribution in [0.1, 0.15) is 31.8 Å². The van der Waals surface area contributed by atoms with E-state index in [1.165, 1.54) is 0 Å². The highest BCUT2D eigenvalue weighted by atomic mass is 16.1. The van der Waals surface area contributed by atoms with Gasteiger partial charge in [-0.25, -0.2) is 0 Å². The standard InChI is InChI=1S/C15H11NO2/c16-15(13-5-1-11(9-17)2-6-13)14-7-3-12(10-18)4-8-14/h1-10,16H. The van der Waals surface area contributed by atoms with Crippen LogP contribution in [-0.4, -0.2) is 18.3 Å². The summed E-state index contributed by atoms with van der Waals surface area (Å²) in [6, 6.07) is 13.7. The van der Waals surface area contributed by atoms with Crippen molar-refractivity contribution < 1.29 is 9.59 Å². The van der Waals surface area contributed by atoms with Crippen molar-refractivity contribution in [1.29, 1.82) is 5.41 Å². The zero-order valence-electron chi connectivity index (χ0n) is 9.59. The normalized spacial score (nSPS) is 9.78. The Labute approximate surface area is 105 Å². The van der Waals surface area contributed by atoms with Gasteiger partial charge in [0.2, 0.25) is 0 Å². The highest BCUT2D eigenvalue weighted by Crippen LogP contribution is 2.11. The second-order valence-electron chi connectivity index (χ2n) is 3.85. The largest absolute Gasteiger partial charge is 0.300 e. The van der Waals surface area contributed by atoms with Crippen molar-refractivity contribution in [1.82, 2.24) is 0 Å². The number of nitrogens with one attached hydrogen (secondary N) is 1. The van der Waals surface area contributed by atoms with Gasteiger partial charge in [0.05, 0.1) is 5.71 Å². The number of hydrogen-bond acceptors (Lipinski definition) is 3. The third-order valence-electron chi connectivity index (χ3n) is 2.67. The van der Waals surface area contributed by atoms with Gasteiger partial charge in [-0.15, -0.1) is 0 Å². The monoisotopic (exact) mass is 237 g/mol. The first-order chi connectivity index (χ1) is 8.74. The summed E-state index contributed by atoms with van der Waals surface area (Å²) in [4.78, 5) is 21.1. The molecule has 0 unspecified atom stereocenters. The first-order valence-electron chi connectivity index (χ1n) is 5.44. The molecule has 0 radical (unpaired) electrons. The predicted octanol–water partition coefficient (Wildman–Crippen LogP) is 2.73. The van der Waals surface area contributed by atoms with E-state index in [0.29, 0.717) is 16.8 Å². The Balaban J connectivity index is 2.28. The van der Waals surface area contributed by atoms with Crippen molar-refractivity contribution in [3.05, 3.63) is 70.8 Å². The molecule has 0 fully saturated rings. The van der Waals surface area contributed by atoms with Crippen LogP contribution >= 0.6 is 0 Å². The molecule has 2 aromatic rings. The maximum Gasteiger partial charge on any atom is 0.150 e. The minimum atomic E-state index is 0.366. The van der Waals surface area contributed by atoms with Crippen molar-refractivity contribution in [3.8, 4) is 0 Å². The summed E-state index contributed by atoms with van der Waals surface area (Å²) >= 11 is 0. The van der Waals surface area contributed by atoms with Crippen LogP contribution in [0.5, 0.6) is 0 Å². The van der Waals surface area contributed by atoms with Gasteiger partial charge >= 0.3 is 0 Å². The highest BCUT2D eigenvalue weighted by Gasteiger charge is 2.04. The Morgan fingerprint density at radius 2 is 1.06 bits per heavy atom. The van der Waals surface area contributed by atoms with E-state index in [4.69, 9.17) is 5.41 Å². The Kier molecular flexibility index (Phi) is 3.44. The van der Waals surface area contributed by atoms with Gasteiger partial charge in [0.15, 0.2) is 0 Å². The second kappa shape index (κ2) is 5.19. The molecule has 0 aliphatic heterocycles. The summed E-state index contributed by atoms with van der Waals surface area (Å²) in [7, 11) is 0. The molecule has 2 rings (SSSR count). The molecular weight excluding hydrogens is 226 g/mol. The zero-order chi connectivity index (χ0) is 13.0. The molecule has 0 saturated carbocycles. The van der Waals surface area contributed by atoms with E-state index >= 15 is 0 Å². The van der Waals surface area contributed by atoms with Gasteiger partial charge in [-0.2, -0.15) is 0 Å². The van der Waals surface area contributed by atoms with Crippen LogP contribution in [0.2, 0.25) is 0 Å². The van der Waals surface area contributed by atoms with E-state index in [9.17, 15) is 9.59 Å². The highest BCUT2D eigenvalue weighted by molar-refractivity contribution is 6.11. The van der Waals surface area contributed by atoms with E-state index in [1.807, 2.05) is 0 Å². The van der Waals surface area contributed by atoms with Crippen molar-refractivity contribution in [2.45, 2.75) is 0 Å². The lowest BCUT2D eigenvalue weighted by Crippen LogP contribution is -2.01. The van der Waals surface area contributed by atoms with Crippen molar-refractivity contribution in [2.75, 3.05) is 0 Å². The fourth-order valence-corrected chi connectivity index (χ4v) is 1.62. The SMILES string of the molecule is N=C(c1ccc(C=O)cc1)c1ccc(C=O)cc1. The van der Waals surface area contributed by atoms with Crippen LogP contribution in [0, 0.1) is 5.41 Å². The lowest BCUT2D eigenvalue weighted by atomic mass is 10.0. The average molecular weight is 237 g/mol. The molecule has 0 bridgehead atoms. The van der Waals surface area contributed by atoms with Crippen molar-refractivity contribution in [2.24, 2.45) is 0 Å². The molecule has 2 aromatic carbocycles. The summed E-state index contributed by atoms with van der Waals surface area (Å²) in [6.45, 7) is 0. The second-order valence-corrected chi connectivity index (χ2v) is 3.85. The fourth-order valence-electron chi connectivity index (χ4n) is 1.62. The lowest BCUT2D eigenvalue weighted by molar-refractivity contribution is 0.111. The Morgan fingerprint density at radius 1 is 0.722 bits per heavy atom. The molecule has 1 N–H and O–H groups in total. The maximum absolute atomic E-state index is 10.5. The smallest absolute Gasteiger partial charge is 0.150 e. The van der Waals surface area contributed by atoms with E-state index in [-0.39, 0.29) is 0 Å². The summed E-state index contributed by atoms with van der Waals surface area (Å²) in [5.74, 6) is 0. The summed E-state index contributed by atoms with van der Waals surface area (Å²) < 4.78 is 0. The van der Waals surface area contributed by atoms with Crippen molar-refractivity contribution in [3.63, 3.8) is 0 Å². The third-order valence-corrected chi connectivity index (χ3v) is 2.67. The number of aldehydes is 2. The topological polar surface area (TPSA) is 58.0 Å². The van der Waals surface area contributed by atoms with Crippen LogP contribution in [-0.2, 0) is 0 Å². The summed E-state index contributed by atoms with van der Waals surface area (Å²) in [5.41, 5.74) is 3.01. The predicted molar refractivity (Wildman–Crippen MR) is 69.6 cm³/mol. The van der Waals surface area contributed by atoms with Gasteiger partial charge in [0.25, 0.3) is 0 Å². The van der Waals surface area contributed by atoms with Crippen LogP contribution < -0.4 is 0 Å². The number of carbonyl (C=O) groups is 2. The molecule has 0 heterocycles. The van der Waals surface area contributed by atoms with Crippen LogP contribution in [0.4, 0.5) is 0 Å². The summed E-state index contributed by atoms with van der Waals surface area (Å²) in [5, 5.41) is 8.05. The minimum Gasteiger partial charge on any atom is -0.300 e. The molecule has 0 aliphatic carbocycles. The Hall–Kier alpha value is -2.55. The Morgan fingerprint density at radius 3 is 1.33 bits per heavy atom. The van der Waals surface area contributed by atoms with Gasteiger partial charge in [0, 0.05) is 22.3 Å². The number of benzene rings is 2. The molecular formula is C15H11NO2. The van der Waals surface area contributed by atoms with Crippen LogP contribution in [0.15, 0.2) is 48.5 Å². The number of hydrogen-bond donors (Lipinski definition) is 1. The molecule has 0 saturated heterocycles. The van der Waals surface area contributed by atoms with Gasteiger partial charge in [-0.05, 0) is 0 Å². The lowest BCUT2D eigenvalue weighted by Gasteiger charge is -2.04. The molecule has 88 valence electrons. The van der Waals surface area contributed by atoms with Gasteiger partial charge in [-0.3, -0.25) is 15.0 Å². The molecule has 0 aromatic heterocycles. The summed E-state index contributed by atoms with van der Waals surface area (Å²) in [6.07, 6.45) is 1.54. The van der Waals surface area contributed by atoms with E-state index in [2.05, 4.69) is 0 Å². The maximum atomic E-state index is 10.5. The molecule has 18 heavy (non-hydrogen) atoms. The van der Waals surface area contributed by atoms with Crippen LogP contribution in [0.25, 0.3) is 0 Å². The number of carbonyl (C=O) groups excluding carboxylic acids is 2. The minimum absolute atomic E-state index is 0.366. The van der Waals surface area contributed by atoms with Crippen molar-refractivity contribution >= 4 is 18.3 Å². The van der Waals surface area contributed by atoms with Gasteiger partial charge in [0.1, 0.15) is 12.6 Å². The quantitative estimate of drug-likeness (QED) is 0.656. The molecule has 0 amide bonds. The average Bonchev–Trinajstić information content (AvgIpc) is 2.47. The third kappa shape index (κ3) is 2.40. The zero-order valence-corrected chi connectivity index (χ0v) is 9.59. The molecule has 3 nitrogen and oxygen atoms in total. The van der Waals surface area contributed by atoms with E-state index < -0.39 is 0 Å². The van der Waals surface area contributed by atoms with Crippen LogP contribution in [0.3, 0.4) is 0 Å².